The lowest BCUT2D eigenvalue weighted by Crippen LogP contribution is -2.41. The third kappa shape index (κ3) is 2.27. The van der Waals surface area contributed by atoms with Crippen molar-refractivity contribution in [2.24, 2.45) is 0 Å². The maximum absolute atomic E-state index is 12.2. The van der Waals surface area contributed by atoms with E-state index in [1.165, 1.54) is 6.33 Å². The smallest absolute Gasteiger partial charge is 0.251 e. The topological polar surface area (TPSA) is 100 Å². The van der Waals surface area contributed by atoms with Gasteiger partial charge in [-0.05, 0) is 13.8 Å². The summed E-state index contributed by atoms with van der Waals surface area (Å²) in [5.41, 5.74) is 0.963. The van der Waals surface area contributed by atoms with Crippen molar-refractivity contribution in [2.45, 2.75) is 44.2 Å². The molecule has 128 valence electrons. The predicted molar refractivity (Wildman–Crippen MR) is 82.1 cm³/mol. The minimum atomic E-state index is -0.813. The molecule has 0 aromatic carbocycles. The van der Waals surface area contributed by atoms with Gasteiger partial charge in [0.2, 0.25) is 0 Å². The fraction of sp³-hybridized carbons (Fsp3) is 0.571. The summed E-state index contributed by atoms with van der Waals surface area (Å²) in [6.07, 6.45) is 0.486. The average Bonchev–Trinajstić information content (AvgIpc) is 3.18. The Morgan fingerprint density at radius 3 is 2.79 bits per heavy atom. The highest BCUT2D eigenvalue weighted by atomic mass is 35.5. The number of carbonyl (C=O) groups excluding carboxylic acids is 1. The normalized spacial score (nSPS) is 31.3. The molecule has 4 heterocycles. The van der Waals surface area contributed by atoms with E-state index in [4.69, 9.17) is 25.8 Å². The first-order chi connectivity index (χ1) is 11.4. The Morgan fingerprint density at radius 2 is 2.04 bits per heavy atom. The van der Waals surface area contributed by atoms with E-state index in [1.807, 2.05) is 0 Å². The first-order valence-electron chi connectivity index (χ1n) is 7.47. The molecule has 0 saturated carbocycles. The molecule has 4 atom stereocenters. The van der Waals surface area contributed by atoms with Gasteiger partial charge in [0.05, 0.1) is 6.33 Å². The molecule has 1 amide bonds. The standard InChI is InChI=1S/C14H16ClN5O4/c1-14(2)23-7-8(12(21)16-3)22-13(9(7)24-14)20-5-19-6-10(15)17-4-18-11(6)20/h4-5,7-9,13H,1-3H3,(H,16,21). The van der Waals surface area contributed by atoms with E-state index in [9.17, 15) is 4.79 Å². The van der Waals surface area contributed by atoms with E-state index in [1.54, 1.807) is 31.8 Å². The van der Waals surface area contributed by atoms with E-state index in [0.717, 1.165) is 0 Å². The largest absolute Gasteiger partial charge is 0.357 e. The maximum Gasteiger partial charge on any atom is 0.251 e. The number of ether oxygens (including phenoxy) is 3. The fourth-order valence-electron chi connectivity index (χ4n) is 3.16. The van der Waals surface area contributed by atoms with Crippen LogP contribution in [0, 0.1) is 0 Å². The van der Waals surface area contributed by atoms with Crippen LogP contribution in [-0.4, -0.2) is 56.6 Å². The Labute approximate surface area is 142 Å². The van der Waals surface area contributed by atoms with E-state index < -0.39 is 30.3 Å². The number of halogens is 1. The molecule has 0 radical (unpaired) electrons. The van der Waals surface area contributed by atoms with E-state index in [0.29, 0.717) is 11.2 Å². The summed E-state index contributed by atoms with van der Waals surface area (Å²) in [5.74, 6) is -1.09. The van der Waals surface area contributed by atoms with Crippen molar-refractivity contribution in [3.05, 3.63) is 17.8 Å². The van der Waals surface area contributed by atoms with Gasteiger partial charge in [-0.25, -0.2) is 15.0 Å². The number of nitrogens with zero attached hydrogens (tertiary/aromatic N) is 4. The van der Waals surface area contributed by atoms with Crippen LogP contribution in [0.4, 0.5) is 0 Å². The second-order valence-electron chi connectivity index (χ2n) is 6.11. The molecule has 2 aliphatic rings. The highest BCUT2D eigenvalue weighted by molar-refractivity contribution is 6.33. The number of rotatable bonds is 2. The van der Waals surface area contributed by atoms with Crippen LogP contribution < -0.4 is 5.32 Å². The Balaban J connectivity index is 1.77. The predicted octanol–water partition coefficient (Wildman–Crippen LogP) is 0.643. The highest BCUT2D eigenvalue weighted by Gasteiger charge is 2.58. The summed E-state index contributed by atoms with van der Waals surface area (Å²) in [4.78, 5) is 24.5. The van der Waals surface area contributed by atoms with Crippen LogP contribution in [0.5, 0.6) is 0 Å². The maximum atomic E-state index is 12.2. The SMILES string of the molecule is CNC(=O)C1OC(n2cnc3c(Cl)ncnc32)C2OC(C)(C)OC12. The molecule has 2 aliphatic heterocycles. The zero-order chi connectivity index (χ0) is 17.1. The number of likely N-dealkylation sites (N-methyl/N-ethyl adjacent to an activating group) is 1. The summed E-state index contributed by atoms with van der Waals surface area (Å²) in [6, 6.07) is 0. The third-order valence-corrected chi connectivity index (χ3v) is 4.40. The molecule has 2 fully saturated rings. The van der Waals surface area contributed by atoms with Crippen molar-refractivity contribution >= 4 is 28.7 Å². The van der Waals surface area contributed by atoms with Gasteiger partial charge in [-0.2, -0.15) is 0 Å². The quantitative estimate of drug-likeness (QED) is 0.791. The lowest BCUT2D eigenvalue weighted by Gasteiger charge is -2.24. The molecule has 24 heavy (non-hydrogen) atoms. The Morgan fingerprint density at radius 1 is 1.29 bits per heavy atom. The summed E-state index contributed by atoms with van der Waals surface area (Å²) in [7, 11) is 1.55. The zero-order valence-electron chi connectivity index (χ0n) is 13.3. The van der Waals surface area contributed by atoms with Gasteiger partial charge in [-0.3, -0.25) is 9.36 Å². The van der Waals surface area contributed by atoms with Gasteiger partial charge in [-0.1, -0.05) is 11.6 Å². The molecule has 0 spiro atoms. The second kappa shape index (κ2) is 5.35. The summed E-state index contributed by atoms with van der Waals surface area (Å²) in [5, 5.41) is 2.84. The Hall–Kier alpha value is -1.81. The monoisotopic (exact) mass is 353 g/mol. The van der Waals surface area contributed by atoms with Crippen LogP contribution in [0.15, 0.2) is 12.7 Å². The number of carbonyl (C=O) groups is 1. The number of hydrogen-bond acceptors (Lipinski definition) is 7. The van der Waals surface area contributed by atoms with Crippen LogP contribution >= 0.6 is 11.6 Å². The lowest BCUT2D eigenvalue weighted by atomic mass is 10.1. The number of hydrogen-bond donors (Lipinski definition) is 1. The molecule has 0 aliphatic carbocycles. The average molecular weight is 354 g/mol. The zero-order valence-corrected chi connectivity index (χ0v) is 14.0. The molecule has 4 rings (SSSR count). The van der Waals surface area contributed by atoms with Crippen LogP contribution in [0.1, 0.15) is 20.1 Å². The van der Waals surface area contributed by atoms with E-state index in [-0.39, 0.29) is 11.1 Å². The minimum Gasteiger partial charge on any atom is -0.357 e. The number of imidazole rings is 1. The van der Waals surface area contributed by atoms with Gasteiger partial charge in [-0.15, -0.1) is 0 Å². The van der Waals surface area contributed by atoms with Crippen LogP contribution in [0.25, 0.3) is 11.2 Å². The van der Waals surface area contributed by atoms with Gasteiger partial charge in [0.15, 0.2) is 28.9 Å². The molecule has 1 N–H and O–H groups in total. The Kier molecular flexibility index (Phi) is 3.50. The first kappa shape index (κ1) is 15.7. The van der Waals surface area contributed by atoms with Crippen molar-refractivity contribution in [1.29, 1.82) is 0 Å². The Bertz CT molecular complexity index is 810. The van der Waals surface area contributed by atoms with E-state index in [2.05, 4.69) is 20.3 Å². The number of aromatic nitrogens is 4. The highest BCUT2D eigenvalue weighted by Crippen LogP contribution is 2.43. The van der Waals surface area contributed by atoms with E-state index >= 15 is 0 Å². The minimum absolute atomic E-state index is 0.250. The molecule has 2 saturated heterocycles. The molecule has 10 heteroatoms. The van der Waals surface area contributed by atoms with Gasteiger partial charge < -0.3 is 19.5 Å². The number of nitrogens with one attached hydrogen (secondary N) is 1. The van der Waals surface area contributed by atoms with Crippen LogP contribution in [0.2, 0.25) is 5.15 Å². The summed E-state index contributed by atoms with van der Waals surface area (Å²) >= 11 is 6.05. The van der Waals surface area contributed by atoms with Crippen molar-refractivity contribution in [3.63, 3.8) is 0 Å². The molecule has 2 aromatic heterocycles. The third-order valence-electron chi connectivity index (χ3n) is 4.12. The molecule has 2 aromatic rings. The van der Waals surface area contributed by atoms with Crippen LogP contribution in [0.3, 0.4) is 0 Å². The second-order valence-corrected chi connectivity index (χ2v) is 6.47. The summed E-state index contributed by atoms with van der Waals surface area (Å²) in [6.45, 7) is 3.60. The summed E-state index contributed by atoms with van der Waals surface area (Å²) < 4.78 is 19.4. The van der Waals surface area contributed by atoms with Gasteiger partial charge in [0.25, 0.3) is 5.91 Å². The van der Waals surface area contributed by atoms with Gasteiger partial charge >= 0.3 is 0 Å². The molecular formula is C14H16ClN5O4. The molecule has 4 unspecified atom stereocenters. The molecule has 0 bridgehead atoms. The number of amides is 1. The van der Waals surface area contributed by atoms with Crippen molar-refractivity contribution in [2.75, 3.05) is 7.05 Å². The molecular weight excluding hydrogens is 338 g/mol. The molecule has 9 nitrogen and oxygen atoms in total. The van der Waals surface area contributed by atoms with Gasteiger partial charge in [0, 0.05) is 7.05 Å². The number of fused-ring (bicyclic) bond motifs is 2. The van der Waals surface area contributed by atoms with Crippen molar-refractivity contribution in [3.8, 4) is 0 Å². The van der Waals surface area contributed by atoms with Crippen LogP contribution in [-0.2, 0) is 19.0 Å². The van der Waals surface area contributed by atoms with Crippen molar-refractivity contribution < 1.29 is 19.0 Å². The van der Waals surface area contributed by atoms with Gasteiger partial charge in [0.1, 0.15) is 24.1 Å². The fourth-order valence-corrected chi connectivity index (χ4v) is 3.34. The first-order valence-corrected chi connectivity index (χ1v) is 7.85. The lowest BCUT2D eigenvalue weighted by molar-refractivity contribution is -0.197. The van der Waals surface area contributed by atoms with Crippen molar-refractivity contribution in [1.82, 2.24) is 24.8 Å².